The summed E-state index contributed by atoms with van der Waals surface area (Å²) in [7, 11) is 3.80. The van der Waals surface area contributed by atoms with Crippen LogP contribution in [0.5, 0.6) is 0 Å². The van der Waals surface area contributed by atoms with Crippen molar-refractivity contribution >= 4 is 5.78 Å². The molecule has 1 N–H and O–H groups in total. The van der Waals surface area contributed by atoms with Crippen LogP contribution in [0.1, 0.15) is 28.7 Å². The van der Waals surface area contributed by atoms with E-state index >= 15 is 0 Å². The fourth-order valence-electron chi connectivity index (χ4n) is 1.98. The lowest BCUT2D eigenvalue weighted by Gasteiger charge is -2.17. The molecule has 0 saturated heterocycles. The number of ketones is 1. The highest BCUT2D eigenvalue weighted by Crippen LogP contribution is 2.14. The van der Waals surface area contributed by atoms with Crippen molar-refractivity contribution < 1.29 is 9.90 Å². The van der Waals surface area contributed by atoms with Crippen LogP contribution in [0.3, 0.4) is 0 Å². The Morgan fingerprint density at radius 2 is 2.12 bits per heavy atom. The number of aryl methyl sites for hydroxylation is 1. The van der Waals surface area contributed by atoms with E-state index in [9.17, 15) is 9.90 Å². The third-order valence-corrected chi connectivity index (χ3v) is 3.07. The zero-order valence-electron chi connectivity index (χ0n) is 11.3. The summed E-state index contributed by atoms with van der Waals surface area (Å²) in [6.45, 7) is 6.52. The summed E-state index contributed by atoms with van der Waals surface area (Å²) in [5, 5.41) is 9.25. The molecule has 0 aliphatic carbocycles. The molecule has 0 amide bonds. The number of carbonyl (C=O) groups excluding carboxylic acids is 1. The van der Waals surface area contributed by atoms with E-state index in [2.05, 4.69) is 0 Å². The van der Waals surface area contributed by atoms with Crippen molar-refractivity contribution in [2.24, 2.45) is 7.05 Å². The van der Waals surface area contributed by atoms with Gasteiger partial charge in [0.15, 0.2) is 5.78 Å². The Kier molecular flexibility index (Phi) is 4.48. The van der Waals surface area contributed by atoms with Crippen molar-refractivity contribution in [1.82, 2.24) is 9.47 Å². The molecule has 0 spiro atoms. The van der Waals surface area contributed by atoms with Crippen molar-refractivity contribution in [3.8, 4) is 0 Å². The topological polar surface area (TPSA) is 45.5 Å². The smallest absolute Gasteiger partial charge is 0.178 e. The molecule has 1 aromatic heterocycles. The van der Waals surface area contributed by atoms with Gasteiger partial charge < -0.3 is 9.67 Å². The first kappa shape index (κ1) is 13.9. The molecule has 1 heterocycles. The third kappa shape index (κ3) is 3.41. The number of rotatable bonds is 5. The number of likely N-dealkylation sites (N-methyl/N-ethyl adjacent to an activating group) is 1. The average Bonchev–Trinajstić information content (AvgIpc) is 2.44. The number of aromatic nitrogens is 1. The van der Waals surface area contributed by atoms with Crippen LogP contribution in [0.4, 0.5) is 0 Å². The van der Waals surface area contributed by atoms with Crippen LogP contribution in [0, 0.1) is 13.8 Å². The first-order valence-corrected chi connectivity index (χ1v) is 5.85. The second-order valence-electron chi connectivity index (χ2n) is 4.81. The van der Waals surface area contributed by atoms with Gasteiger partial charge in [-0.1, -0.05) is 0 Å². The Balaban J connectivity index is 2.73. The van der Waals surface area contributed by atoms with Crippen LogP contribution in [-0.2, 0) is 7.05 Å². The predicted octanol–water partition coefficient (Wildman–Crippen LogP) is 1.14. The molecule has 96 valence electrons. The predicted molar refractivity (Wildman–Crippen MR) is 68.4 cm³/mol. The van der Waals surface area contributed by atoms with Gasteiger partial charge in [0.2, 0.25) is 0 Å². The van der Waals surface area contributed by atoms with Crippen LogP contribution in [0.25, 0.3) is 0 Å². The number of hydrogen-bond acceptors (Lipinski definition) is 3. The van der Waals surface area contributed by atoms with Crippen LogP contribution in [0.15, 0.2) is 6.07 Å². The van der Waals surface area contributed by atoms with E-state index in [0.717, 1.165) is 17.0 Å². The van der Waals surface area contributed by atoms with Crippen LogP contribution < -0.4 is 0 Å². The molecule has 1 unspecified atom stereocenters. The van der Waals surface area contributed by atoms with Crippen LogP contribution >= 0.6 is 0 Å². The highest BCUT2D eigenvalue weighted by molar-refractivity contribution is 5.99. The fourth-order valence-corrected chi connectivity index (χ4v) is 1.98. The Labute approximate surface area is 103 Å². The molecule has 0 saturated carbocycles. The van der Waals surface area contributed by atoms with Crippen molar-refractivity contribution in [3.05, 3.63) is 23.0 Å². The van der Waals surface area contributed by atoms with Crippen molar-refractivity contribution in [3.63, 3.8) is 0 Å². The summed E-state index contributed by atoms with van der Waals surface area (Å²) in [6, 6.07) is 1.92. The molecule has 4 heteroatoms. The second-order valence-corrected chi connectivity index (χ2v) is 4.81. The summed E-state index contributed by atoms with van der Waals surface area (Å²) in [5.74, 6) is 0.106. The van der Waals surface area contributed by atoms with Gasteiger partial charge in [-0.25, -0.2) is 0 Å². The van der Waals surface area contributed by atoms with E-state index in [1.807, 2.05) is 43.5 Å². The molecule has 0 aliphatic heterocycles. The van der Waals surface area contributed by atoms with Crippen molar-refractivity contribution in [1.29, 1.82) is 0 Å². The maximum absolute atomic E-state index is 12.1. The van der Waals surface area contributed by atoms with E-state index in [4.69, 9.17) is 0 Å². The summed E-state index contributed by atoms with van der Waals surface area (Å²) >= 11 is 0. The number of hydrogen-bond donors (Lipinski definition) is 1. The standard InChI is InChI=1S/C13H22N2O2/c1-9-6-12(11(3)15(9)5)13(17)8-14(4)7-10(2)16/h6,10,16H,7-8H2,1-5H3. The van der Waals surface area contributed by atoms with E-state index in [0.29, 0.717) is 13.1 Å². The van der Waals surface area contributed by atoms with Gasteiger partial charge in [-0.2, -0.15) is 0 Å². The third-order valence-electron chi connectivity index (χ3n) is 3.07. The quantitative estimate of drug-likeness (QED) is 0.782. The number of Topliss-reactive ketones (excluding diaryl/α,β-unsaturated/α-hetero) is 1. The maximum Gasteiger partial charge on any atom is 0.178 e. The number of nitrogens with zero attached hydrogens (tertiary/aromatic N) is 2. The molecule has 4 nitrogen and oxygen atoms in total. The van der Waals surface area contributed by atoms with Gasteiger partial charge >= 0.3 is 0 Å². The van der Waals surface area contributed by atoms with Gasteiger partial charge in [-0.05, 0) is 33.9 Å². The maximum atomic E-state index is 12.1. The van der Waals surface area contributed by atoms with Gasteiger partial charge in [-0.3, -0.25) is 9.69 Å². The first-order chi connectivity index (χ1) is 7.82. The highest BCUT2D eigenvalue weighted by Gasteiger charge is 2.16. The van der Waals surface area contributed by atoms with E-state index in [1.165, 1.54) is 0 Å². The van der Waals surface area contributed by atoms with Gasteiger partial charge in [0.25, 0.3) is 0 Å². The van der Waals surface area contributed by atoms with E-state index in [1.54, 1.807) is 6.92 Å². The average molecular weight is 238 g/mol. The second kappa shape index (κ2) is 5.47. The minimum Gasteiger partial charge on any atom is -0.392 e. The van der Waals surface area contributed by atoms with Gasteiger partial charge in [0, 0.05) is 30.5 Å². The van der Waals surface area contributed by atoms with Gasteiger partial charge in [0.1, 0.15) is 0 Å². The van der Waals surface area contributed by atoms with E-state index < -0.39 is 6.10 Å². The normalized spacial score (nSPS) is 13.1. The molecule has 0 fully saturated rings. The SMILES string of the molecule is Cc1cc(C(=O)CN(C)CC(C)O)c(C)n1C. The Bertz CT molecular complexity index is 408. The molecule has 1 aromatic rings. The number of aliphatic hydroxyl groups is 1. The van der Waals surface area contributed by atoms with E-state index in [-0.39, 0.29) is 5.78 Å². The van der Waals surface area contributed by atoms with Crippen molar-refractivity contribution in [2.75, 3.05) is 20.1 Å². The molecule has 0 radical (unpaired) electrons. The summed E-state index contributed by atoms with van der Waals surface area (Å²) in [5.41, 5.74) is 2.87. The number of carbonyl (C=O) groups is 1. The lowest BCUT2D eigenvalue weighted by Crippen LogP contribution is -2.32. The number of aliphatic hydroxyl groups excluding tert-OH is 1. The minimum atomic E-state index is -0.411. The zero-order chi connectivity index (χ0) is 13.2. The molecule has 1 rings (SSSR count). The molecular weight excluding hydrogens is 216 g/mol. The molecule has 0 aromatic carbocycles. The highest BCUT2D eigenvalue weighted by atomic mass is 16.3. The Morgan fingerprint density at radius 1 is 1.53 bits per heavy atom. The Hall–Kier alpha value is -1.13. The van der Waals surface area contributed by atoms with Crippen molar-refractivity contribution in [2.45, 2.75) is 26.9 Å². The Morgan fingerprint density at radius 3 is 2.53 bits per heavy atom. The molecule has 1 atom stereocenters. The minimum absolute atomic E-state index is 0.106. The molecular formula is C13H22N2O2. The fraction of sp³-hybridized carbons (Fsp3) is 0.615. The van der Waals surface area contributed by atoms with Crippen LogP contribution in [-0.4, -0.2) is 46.6 Å². The van der Waals surface area contributed by atoms with Gasteiger partial charge in [0.05, 0.1) is 12.6 Å². The summed E-state index contributed by atoms with van der Waals surface area (Å²) in [6.07, 6.45) is -0.411. The summed E-state index contributed by atoms with van der Waals surface area (Å²) < 4.78 is 2.02. The van der Waals surface area contributed by atoms with Crippen LogP contribution in [0.2, 0.25) is 0 Å². The zero-order valence-corrected chi connectivity index (χ0v) is 11.3. The van der Waals surface area contributed by atoms with Gasteiger partial charge in [-0.15, -0.1) is 0 Å². The molecule has 0 aliphatic rings. The monoisotopic (exact) mass is 238 g/mol. The first-order valence-electron chi connectivity index (χ1n) is 5.85. The lowest BCUT2D eigenvalue weighted by atomic mass is 10.1. The molecule has 0 bridgehead atoms. The lowest BCUT2D eigenvalue weighted by molar-refractivity contribution is 0.0900. The molecule has 17 heavy (non-hydrogen) atoms. The largest absolute Gasteiger partial charge is 0.392 e. The summed E-state index contributed by atoms with van der Waals surface area (Å²) in [4.78, 5) is 13.9.